The minimum atomic E-state index is -2.90. The normalized spacial score (nSPS) is 15.5. The van der Waals surface area contributed by atoms with Crippen molar-refractivity contribution in [2.24, 2.45) is 0 Å². The largest absolute Gasteiger partial charge is 0.483 e. The molecule has 0 heterocycles. The number of benzene rings is 2. The van der Waals surface area contributed by atoms with Crippen molar-refractivity contribution in [3.8, 4) is 11.5 Å². The molecule has 1 aliphatic rings. The van der Waals surface area contributed by atoms with Crippen LogP contribution in [-0.4, -0.2) is 24.9 Å². The summed E-state index contributed by atoms with van der Waals surface area (Å²) in [5.74, 6) is -1.11. The van der Waals surface area contributed by atoms with E-state index in [2.05, 4.69) is 10.1 Å². The summed E-state index contributed by atoms with van der Waals surface area (Å²) < 4.78 is 47.9. The first-order valence-corrected chi connectivity index (χ1v) is 8.64. The molecular formula is C20H18F3NO4. The Hall–Kier alpha value is -3.03. The van der Waals surface area contributed by atoms with Crippen LogP contribution in [0.3, 0.4) is 0 Å². The Balaban J connectivity index is 1.55. The molecule has 3 rings (SSSR count). The number of alkyl halides is 2. The molecule has 1 N–H and O–H groups in total. The zero-order valence-electron chi connectivity index (χ0n) is 15.0. The molecule has 148 valence electrons. The first-order valence-electron chi connectivity index (χ1n) is 8.64. The van der Waals surface area contributed by atoms with Crippen LogP contribution in [0.4, 0.5) is 13.2 Å². The minimum Gasteiger partial charge on any atom is -0.483 e. The summed E-state index contributed by atoms with van der Waals surface area (Å²) in [6, 6.07) is 8.42. The molecule has 0 fully saturated rings. The number of halogens is 3. The number of fused-ring (bicyclic) bond motifs is 1. The highest BCUT2D eigenvalue weighted by atomic mass is 19.3. The van der Waals surface area contributed by atoms with E-state index in [1.165, 1.54) is 24.3 Å². The summed E-state index contributed by atoms with van der Waals surface area (Å²) in [4.78, 5) is 24.1. The number of ether oxygens (including phenoxy) is 2. The van der Waals surface area contributed by atoms with Crippen LogP contribution in [0.25, 0.3) is 0 Å². The first-order chi connectivity index (χ1) is 13.3. The van der Waals surface area contributed by atoms with Crippen LogP contribution in [0, 0.1) is 5.82 Å². The Morgan fingerprint density at radius 3 is 2.61 bits per heavy atom. The highest BCUT2D eigenvalue weighted by Crippen LogP contribution is 2.39. The maximum Gasteiger partial charge on any atom is 0.387 e. The van der Waals surface area contributed by atoms with Crippen LogP contribution in [0.2, 0.25) is 0 Å². The summed E-state index contributed by atoms with van der Waals surface area (Å²) >= 11 is 0. The van der Waals surface area contributed by atoms with Crippen molar-refractivity contribution >= 4 is 11.7 Å². The summed E-state index contributed by atoms with van der Waals surface area (Å²) in [5.41, 5.74) is 1.21. The molecular weight excluding hydrogens is 375 g/mol. The van der Waals surface area contributed by atoms with Crippen molar-refractivity contribution < 1.29 is 32.2 Å². The van der Waals surface area contributed by atoms with Gasteiger partial charge in [0.2, 0.25) is 0 Å². The Bertz CT molecular complexity index is 884. The topological polar surface area (TPSA) is 64.6 Å². The zero-order valence-corrected chi connectivity index (χ0v) is 15.0. The van der Waals surface area contributed by atoms with Crippen molar-refractivity contribution in [2.75, 3.05) is 6.61 Å². The van der Waals surface area contributed by atoms with Crippen LogP contribution in [0.5, 0.6) is 11.5 Å². The van der Waals surface area contributed by atoms with E-state index in [1.54, 1.807) is 19.1 Å². The lowest BCUT2D eigenvalue weighted by molar-refractivity contribution is -0.123. The fourth-order valence-electron chi connectivity index (χ4n) is 3.13. The average Bonchev–Trinajstić information content (AvgIpc) is 2.95. The first kappa shape index (κ1) is 19.7. The third-order valence-corrected chi connectivity index (χ3v) is 4.41. The lowest BCUT2D eigenvalue weighted by Gasteiger charge is -2.12. The lowest BCUT2D eigenvalue weighted by atomic mass is 10.0. The summed E-state index contributed by atoms with van der Waals surface area (Å²) in [5, 5.41) is 2.62. The summed E-state index contributed by atoms with van der Waals surface area (Å²) in [6.07, 6.45) is 0.212. The van der Waals surface area contributed by atoms with Crippen LogP contribution >= 0.6 is 0 Å². The zero-order chi connectivity index (χ0) is 20.3. The molecule has 1 atom stereocenters. The van der Waals surface area contributed by atoms with Crippen molar-refractivity contribution in [1.82, 2.24) is 5.32 Å². The van der Waals surface area contributed by atoms with Gasteiger partial charge in [0.1, 0.15) is 17.3 Å². The molecule has 2 aromatic carbocycles. The molecule has 8 heteroatoms. The van der Waals surface area contributed by atoms with Gasteiger partial charge in [-0.25, -0.2) is 4.39 Å². The number of hydrogen-bond donors (Lipinski definition) is 1. The number of carbonyl (C=O) groups excluding carboxylic acids is 2. The van der Waals surface area contributed by atoms with E-state index >= 15 is 0 Å². The summed E-state index contributed by atoms with van der Waals surface area (Å²) in [7, 11) is 0. The fourth-order valence-corrected chi connectivity index (χ4v) is 3.13. The smallest absolute Gasteiger partial charge is 0.387 e. The van der Waals surface area contributed by atoms with Crippen molar-refractivity contribution in [1.29, 1.82) is 0 Å². The van der Waals surface area contributed by atoms with Gasteiger partial charge >= 0.3 is 6.61 Å². The second-order valence-electron chi connectivity index (χ2n) is 6.45. The molecule has 1 amide bonds. The average molecular weight is 393 g/mol. The standard InChI is InChI=1S/C20H18F3NO4/c1-11-8-15(25)19-16(7-6-14(21)18(11)19)27-10-17(26)24-9-12-2-4-13(5-3-12)28-20(22)23/h2-7,11,20H,8-10H2,1H3,(H,24,26). The molecule has 0 saturated heterocycles. The van der Waals surface area contributed by atoms with Crippen LogP contribution in [0.15, 0.2) is 36.4 Å². The monoisotopic (exact) mass is 393 g/mol. The van der Waals surface area contributed by atoms with Gasteiger partial charge in [0, 0.05) is 18.5 Å². The third-order valence-electron chi connectivity index (χ3n) is 4.41. The molecule has 0 aliphatic heterocycles. The molecule has 2 aromatic rings. The van der Waals surface area contributed by atoms with Crippen LogP contribution in [0.1, 0.15) is 40.7 Å². The van der Waals surface area contributed by atoms with Gasteiger partial charge in [-0.05, 0) is 35.7 Å². The van der Waals surface area contributed by atoms with Gasteiger partial charge in [-0.15, -0.1) is 0 Å². The Labute approximate surface area is 159 Å². The maximum atomic E-state index is 14.0. The van der Waals surface area contributed by atoms with Gasteiger partial charge in [0.05, 0.1) is 5.56 Å². The molecule has 1 unspecified atom stereocenters. The van der Waals surface area contributed by atoms with E-state index in [0.29, 0.717) is 11.1 Å². The maximum absolute atomic E-state index is 14.0. The van der Waals surface area contributed by atoms with E-state index in [0.717, 1.165) is 0 Å². The van der Waals surface area contributed by atoms with Gasteiger partial charge in [-0.3, -0.25) is 9.59 Å². The molecule has 0 aromatic heterocycles. The molecule has 0 radical (unpaired) electrons. The Morgan fingerprint density at radius 2 is 1.93 bits per heavy atom. The molecule has 0 saturated carbocycles. The second kappa shape index (κ2) is 8.33. The van der Waals surface area contributed by atoms with E-state index < -0.39 is 18.3 Å². The number of amides is 1. The number of hydrogen-bond acceptors (Lipinski definition) is 4. The van der Waals surface area contributed by atoms with Crippen LogP contribution in [-0.2, 0) is 11.3 Å². The fraction of sp³-hybridized carbons (Fsp3) is 0.300. The van der Waals surface area contributed by atoms with E-state index in [-0.39, 0.29) is 48.3 Å². The molecule has 28 heavy (non-hydrogen) atoms. The summed E-state index contributed by atoms with van der Waals surface area (Å²) in [6.45, 7) is -1.31. The predicted molar refractivity (Wildman–Crippen MR) is 94.2 cm³/mol. The van der Waals surface area contributed by atoms with E-state index in [1.807, 2.05) is 0 Å². The highest BCUT2D eigenvalue weighted by Gasteiger charge is 2.32. The van der Waals surface area contributed by atoms with Gasteiger partial charge in [-0.1, -0.05) is 19.1 Å². The minimum absolute atomic E-state index is 0.0254. The number of Topliss-reactive ketones (excluding diaryl/α,β-unsaturated/α-hetero) is 1. The van der Waals surface area contributed by atoms with Gasteiger partial charge in [-0.2, -0.15) is 8.78 Å². The number of nitrogens with one attached hydrogen (secondary N) is 1. The molecule has 0 spiro atoms. The van der Waals surface area contributed by atoms with E-state index in [9.17, 15) is 22.8 Å². The van der Waals surface area contributed by atoms with Crippen molar-refractivity contribution in [3.63, 3.8) is 0 Å². The predicted octanol–water partition coefficient (Wildman–Crippen LogP) is 3.81. The molecule has 0 bridgehead atoms. The second-order valence-corrected chi connectivity index (χ2v) is 6.45. The van der Waals surface area contributed by atoms with Crippen molar-refractivity contribution in [2.45, 2.75) is 32.4 Å². The van der Waals surface area contributed by atoms with Crippen LogP contribution < -0.4 is 14.8 Å². The number of carbonyl (C=O) groups is 2. The Kier molecular flexibility index (Phi) is 5.87. The Morgan fingerprint density at radius 1 is 1.21 bits per heavy atom. The number of rotatable bonds is 7. The van der Waals surface area contributed by atoms with Gasteiger partial charge < -0.3 is 14.8 Å². The number of ketones is 1. The van der Waals surface area contributed by atoms with Gasteiger partial charge in [0.15, 0.2) is 12.4 Å². The molecule has 1 aliphatic carbocycles. The lowest BCUT2D eigenvalue weighted by Crippen LogP contribution is -2.28. The SMILES string of the molecule is CC1CC(=O)c2c(OCC(=O)NCc3ccc(OC(F)F)cc3)ccc(F)c21. The molecule has 5 nitrogen and oxygen atoms in total. The van der Waals surface area contributed by atoms with Gasteiger partial charge in [0.25, 0.3) is 5.91 Å². The van der Waals surface area contributed by atoms with E-state index in [4.69, 9.17) is 4.74 Å². The van der Waals surface area contributed by atoms with Crippen molar-refractivity contribution in [3.05, 3.63) is 58.9 Å². The third kappa shape index (κ3) is 4.44. The quantitative estimate of drug-likeness (QED) is 0.777. The highest BCUT2D eigenvalue weighted by molar-refractivity contribution is 6.03.